The molecule has 0 spiro atoms. The van der Waals surface area contributed by atoms with Crippen molar-refractivity contribution in [1.29, 1.82) is 0 Å². The van der Waals surface area contributed by atoms with E-state index in [9.17, 15) is 4.79 Å². The molecular weight excluding hydrogens is 777 g/mol. The second-order valence-electron chi connectivity index (χ2n) is 18.8. The summed E-state index contributed by atoms with van der Waals surface area (Å²) in [7, 11) is -5.90. The number of fused-ring (bicyclic) bond motifs is 5. The molecule has 0 radical (unpaired) electrons. The average molecular weight is 835 g/mol. The van der Waals surface area contributed by atoms with Crippen LogP contribution in [0.5, 0.6) is 0 Å². The van der Waals surface area contributed by atoms with Gasteiger partial charge in [-0.2, -0.15) is 0 Å². The minimum absolute atomic E-state index is 0.0242. The molecule has 0 bridgehead atoms. The number of carbonyl (C=O) groups excluding carboxylic acids is 1. The fraction of sp³-hybridized carbons (Fsp3) is 0.304. The molecule has 308 valence electrons. The van der Waals surface area contributed by atoms with Crippen molar-refractivity contribution in [3.63, 3.8) is 0 Å². The Morgan fingerprint density at radius 1 is 0.541 bits per heavy atom. The molecule has 0 N–H and O–H groups in total. The molecule has 0 heterocycles. The van der Waals surface area contributed by atoms with E-state index in [4.69, 9.17) is 8.85 Å². The van der Waals surface area contributed by atoms with E-state index in [2.05, 4.69) is 202 Å². The molecule has 0 aromatic heterocycles. The van der Waals surface area contributed by atoms with Crippen LogP contribution in [-0.2, 0) is 13.6 Å². The summed E-state index contributed by atoms with van der Waals surface area (Å²) in [5.74, 6) is 2.23. The number of ketones is 1. The summed E-state index contributed by atoms with van der Waals surface area (Å²) in [6.07, 6.45) is 9.08. The van der Waals surface area contributed by atoms with Gasteiger partial charge in [-0.05, 0) is 105 Å². The van der Waals surface area contributed by atoms with Crippen molar-refractivity contribution in [3.05, 3.63) is 194 Å². The molecule has 6 aromatic rings. The zero-order valence-electron chi connectivity index (χ0n) is 35.7. The monoisotopic (exact) mass is 834 g/mol. The van der Waals surface area contributed by atoms with E-state index in [1.54, 1.807) is 0 Å². The van der Waals surface area contributed by atoms with E-state index in [1.165, 1.54) is 43.1 Å². The molecule has 3 nitrogen and oxygen atoms in total. The van der Waals surface area contributed by atoms with Crippen LogP contribution in [0.4, 0.5) is 0 Å². The molecule has 0 amide bonds. The lowest BCUT2D eigenvalue weighted by atomic mass is 9.45. The van der Waals surface area contributed by atoms with Crippen LogP contribution in [0, 0.1) is 34.5 Å². The fourth-order valence-electron chi connectivity index (χ4n) is 13.1. The lowest BCUT2D eigenvalue weighted by Gasteiger charge is -2.61. The Kier molecular flexibility index (Phi) is 10.8. The summed E-state index contributed by atoms with van der Waals surface area (Å²) in [5.41, 5.74) is 1.18. The lowest BCUT2D eigenvalue weighted by molar-refractivity contribution is -0.122. The molecule has 6 aromatic carbocycles. The predicted molar refractivity (Wildman–Crippen MR) is 254 cm³/mol. The van der Waals surface area contributed by atoms with Gasteiger partial charge in [0.2, 0.25) is 0 Å². The van der Waals surface area contributed by atoms with Crippen molar-refractivity contribution in [2.75, 3.05) is 6.61 Å². The molecular formula is C56H58O3Si2. The van der Waals surface area contributed by atoms with Gasteiger partial charge in [0, 0.05) is 18.4 Å². The third kappa shape index (κ3) is 6.71. The zero-order valence-corrected chi connectivity index (χ0v) is 37.7. The van der Waals surface area contributed by atoms with Gasteiger partial charge < -0.3 is 8.85 Å². The molecule has 7 atom stereocenters. The van der Waals surface area contributed by atoms with E-state index in [1.807, 2.05) is 0 Å². The number of carbonyl (C=O) groups is 1. The molecule has 0 saturated heterocycles. The highest BCUT2D eigenvalue weighted by atomic mass is 28.4. The van der Waals surface area contributed by atoms with Gasteiger partial charge in [0.25, 0.3) is 16.6 Å². The topological polar surface area (TPSA) is 35.5 Å². The van der Waals surface area contributed by atoms with Crippen LogP contribution >= 0.6 is 0 Å². The van der Waals surface area contributed by atoms with Crippen LogP contribution in [0.1, 0.15) is 58.8 Å². The standard InChI is InChI=1S/C56H58O3Si2/c1-42-39-43-40-44(57)35-38-56(43,41-58-60(45-21-9-3-10-22-45,46-23-11-4-12-24-46)47-25-13-5-14-26-47)52-36-37-55(2)51(54(42)52)33-34-53(55)59-61(48-27-15-6-16-28-48,49-29-17-7-18-30-49)50-31-19-8-20-32-50/h3-32,40,42,51-54H,33-39,41H2,1-2H3/t42-,51+,52+,53+,54+,55+,56-/m1/s1. The maximum absolute atomic E-state index is 13.4. The molecule has 61 heavy (non-hydrogen) atoms. The van der Waals surface area contributed by atoms with Crippen LogP contribution in [-0.4, -0.2) is 35.1 Å². The largest absolute Gasteiger partial charge is 0.403 e. The average Bonchev–Trinajstić information content (AvgIpc) is 3.65. The minimum atomic E-state index is -2.98. The first-order valence-corrected chi connectivity index (χ1v) is 26.6. The molecule has 5 heteroatoms. The van der Waals surface area contributed by atoms with Gasteiger partial charge in [-0.15, -0.1) is 0 Å². The van der Waals surface area contributed by atoms with Gasteiger partial charge in [-0.3, -0.25) is 4.79 Å². The van der Waals surface area contributed by atoms with Gasteiger partial charge in [0.15, 0.2) is 5.78 Å². The number of benzene rings is 6. The minimum Gasteiger partial charge on any atom is -0.403 e. The van der Waals surface area contributed by atoms with E-state index < -0.39 is 16.6 Å². The van der Waals surface area contributed by atoms with E-state index in [0.717, 1.165) is 32.1 Å². The molecule has 0 aliphatic heterocycles. The van der Waals surface area contributed by atoms with Gasteiger partial charge in [-0.25, -0.2) is 0 Å². The van der Waals surface area contributed by atoms with Crippen LogP contribution in [0.3, 0.4) is 0 Å². The molecule has 0 unspecified atom stereocenters. The Morgan fingerprint density at radius 3 is 1.41 bits per heavy atom. The van der Waals surface area contributed by atoms with Crippen molar-refractivity contribution < 1.29 is 13.6 Å². The predicted octanol–water partition coefficient (Wildman–Crippen LogP) is 8.48. The normalized spacial score (nSPS) is 27.3. The third-order valence-corrected chi connectivity index (χ3v) is 24.0. The first-order chi connectivity index (χ1) is 29.9. The first kappa shape index (κ1) is 40.2. The van der Waals surface area contributed by atoms with Crippen molar-refractivity contribution in [2.24, 2.45) is 34.5 Å². The van der Waals surface area contributed by atoms with Crippen molar-refractivity contribution in [2.45, 2.75) is 64.9 Å². The highest BCUT2D eigenvalue weighted by Gasteiger charge is 2.64. The van der Waals surface area contributed by atoms with Crippen LogP contribution in [0.15, 0.2) is 194 Å². The van der Waals surface area contributed by atoms with Gasteiger partial charge >= 0.3 is 0 Å². The molecule has 10 rings (SSSR count). The van der Waals surface area contributed by atoms with E-state index in [-0.39, 0.29) is 22.7 Å². The van der Waals surface area contributed by atoms with Gasteiger partial charge in [0.05, 0.1) is 6.10 Å². The Labute approximate surface area is 365 Å². The number of hydrogen-bond donors (Lipinski definition) is 0. The molecule has 3 fully saturated rings. The van der Waals surface area contributed by atoms with Crippen LogP contribution in [0.2, 0.25) is 0 Å². The van der Waals surface area contributed by atoms with Crippen molar-refractivity contribution in [1.82, 2.24) is 0 Å². The smallest absolute Gasteiger partial charge is 0.288 e. The second-order valence-corrected chi connectivity index (χ2v) is 25.6. The van der Waals surface area contributed by atoms with Crippen molar-refractivity contribution in [3.8, 4) is 0 Å². The quantitative estimate of drug-likeness (QED) is 0.0972. The fourth-order valence-corrected chi connectivity index (χ4v) is 21.2. The van der Waals surface area contributed by atoms with E-state index >= 15 is 0 Å². The van der Waals surface area contributed by atoms with E-state index in [0.29, 0.717) is 36.7 Å². The zero-order chi connectivity index (χ0) is 41.5. The SMILES string of the molecule is C[C@@H]1CC2=CC(=O)CC[C@]2(CO[Si](c2ccccc2)(c2ccccc2)c2ccccc2)[C@H]2CC[C@]3(C)[C@@H](O[Si](c4ccccc4)(c4ccccc4)c4ccccc4)CC[C@H]3[C@H]12. The third-order valence-electron chi connectivity index (χ3n) is 15.9. The van der Waals surface area contributed by atoms with Crippen molar-refractivity contribution >= 4 is 53.5 Å². The number of rotatable bonds is 11. The summed E-state index contributed by atoms with van der Waals surface area (Å²) in [4.78, 5) is 13.4. The Hall–Kier alpha value is -4.92. The molecule has 3 saturated carbocycles. The van der Waals surface area contributed by atoms with Gasteiger partial charge in [0.1, 0.15) is 0 Å². The summed E-state index contributed by atoms with van der Waals surface area (Å²) >= 11 is 0. The molecule has 4 aliphatic carbocycles. The Morgan fingerprint density at radius 2 is 0.967 bits per heavy atom. The Bertz CT molecular complexity index is 2270. The Balaban J connectivity index is 1.05. The number of hydrogen-bond acceptors (Lipinski definition) is 3. The maximum atomic E-state index is 13.4. The highest BCUT2D eigenvalue weighted by molar-refractivity contribution is 7.07. The highest BCUT2D eigenvalue weighted by Crippen LogP contribution is 2.67. The summed E-state index contributed by atoms with van der Waals surface area (Å²) in [6, 6.07) is 66.4. The van der Waals surface area contributed by atoms with Crippen LogP contribution in [0.25, 0.3) is 0 Å². The van der Waals surface area contributed by atoms with Crippen LogP contribution < -0.4 is 31.1 Å². The maximum Gasteiger partial charge on any atom is 0.288 e. The first-order valence-electron chi connectivity index (χ1n) is 22.8. The van der Waals surface area contributed by atoms with Gasteiger partial charge in [-0.1, -0.05) is 201 Å². The molecule has 4 aliphatic rings. The summed E-state index contributed by atoms with van der Waals surface area (Å²) in [6.45, 7) is 5.71. The summed E-state index contributed by atoms with van der Waals surface area (Å²) < 4.78 is 16.0. The lowest BCUT2D eigenvalue weighted by Crippen LogP contribution is -2.71. The second kappa shape index (κ2) is 16.4. The summed E-state index contributed by atoms with van der Waals surface area (Å²) in [5, 5.41) is 7.70.